The van der Waals surface area contributed by atoms with Crippen LogP contribution in [0.4, 0.5) is 5.69 Å². The highest BCUT2D eigenvalue weighted by Gasteiger charge is 2.17. The van der Waals surface area contributed by atoms with Crippen LogP contribution in [0, 0.1) is 5.92 Å². The SMILES string of the molecule is CC(C)[C@H](N)C(=O)NCC(=O)Nc1ccc(Oc2ccccn2)cc1. The maximum atomic E-state index is 11.9. The number of rotatable bonds is 7. The number of pyridine rings is 1. The number of ether oxygens (including phenoxy) is 1. The second kappa shape index (κ2) is 8.79. The summed E-state index contributed by atoms with van der Waals surface area (Å²) in [5.74, 6) is 0.429. The number of carbonyl (C=O) groups is 2. The standard InChI is InChI=1S/C18H22N4O3/c1-12(2)17(19)18(24)21-11-15(23)22-13-6-8-14(9-7-13)25-16-5-3-4-10-20-16/h3-10,12,17H,11,19H2,1-2H3,(H,21,24)(H,22,23)/t17-/m0/s1. The molecule has 0 bridgehead atoms. The van der Waals surface area contributed by atoms with Gasteiger partial charge in [-0.3, -0.25) is 9.59 Å². The molecule has 2 rings (SSSR count). The van der Waals surface area contributed by atoms with Gasteiger partial charge < -0.3 is 21.1 Å². The number of anilines is 1. The molecule has 2 amide bonds. The average molecular weight is 342 g/mol. The molecule has 7 nitrogen and oxygen atoms in total. The Kier molecular flexibility index (Phi) is 6.47. The van der Waals surface area contributed by atoms with Crippen LogP contribution in [0.3, 0.4) is 0 Å². The van der Waals surface area contributed by atoms with Crippen LogP contribution in [0.15, 0.2) is 48.7 Å². The first-order valence-corrected chi connectivity index (χ1v) is 7.98. The van der Waals surface area contributed by atoms with E-state index in [1.54, 1.807) is 42.6 Å². The quantitative estimate of drug-likeness (QED) is 0.713. The van der Waals surface area contributed by atoms with E-state index < -0.39 is 6.04 Å². The van der Waals surface area contributed by atoms with Gasteiger partial charge in [0.05, 0.1) is 12.6 Å². The van der Waals surface area contributed by atoms with Crippen LogP contribution in [-0.2, 0) is 9.59 Å². The Morgan fingerprint density at radius 1 is 1.16 bits per heavy atom. The Balaban J connectivity index is 1.82. The minimum atomic E-state index is -0.629. The van der Waals surface area contributed by atoms with Crippen molar-refractivity contribution >= 4 is 17.5 Å². The molecular weight excluding hydrogens is 320 g/mol. The van der Waals surface area contributed by atoms with Crippen molar-refractivity contribution in [1.82, 2.24) is 10.3 Å². The van der Waals surface area contributed by atoms with Crippen LogP contribution in [0.1, 0.15) is 13.8 Å². The fraction of sp³-hybridized carbons (Fsp3) is 0.278. The molecule has 132 valence electrons. The third-order valence-electron chi connectivity index (χ3n) is 3.44. The second-order valence-electron chi connectivity index (χ2n) is 5.83. The molecule has 1 aromatic carbocycles. The van der Waals surface area contributed by atoms with E-state index >= 15 is 0 Å². The van der Waals surface area contributed by atoms with Crippen molar-refractivity contribution in [2.24, 2.45) is 11.7 Å². The van der Waals surface area contributed by atoms with Gasteiger partial charge in [0, 0.05) is 18.0 Å². The van der Waals surface area contributed by atoms with Crippen LogP contribution < -0.4 is 21.1 Å². The number of aromatic nitrogens is 1. The summed E-state index contributed by atoms with van der Waals surface area (Å²) < 4.78 is 5.57. The highest BCUT2D eigenvalue weighted by Crippen LogP contribution is 2.20. The number of benzene rings is 1. The van der Waals surface area contributed by atoms with Gasteiger partial charge in [0.25, 0.3) is 0 Å². The molecule has 0 fully saturated rings. The Morgan fingerprint density at radius 2 is 1.88 bits per heavy atom. The Labute approximate surface area is 146 Å². The molecule has 4 N–H and O–H groups in total. The summed E-state index contributed by atoms with van der Waals surface area (Å²) in [6.07, 6.45) is 1.64. The molecule has 25 heavy (non-hydrogen) atoms. The molecule has 0 aliphatic heterocycles. The monoisotopic (exact) mass is 342 g/mol. The zero-order chi connectivity index (χ0) is 18.2. The highest BCUT2D eigenvalue weighted by atomic mass is 16.5. The van der Waals surface area contributed by atoms with E-state index in [2.05, 4.69) is 15.6 Å². The number of nitrogens with two attached hydrogens (primary N) is 1. The van der Waals surface area contributed by atoms with Crippen molar-refractivity contribution in [2.45, 2.75) is 19.9 Å². The lowest BCUT2D eigenvalue weighted by Crippen LogP contribution is -2.46. The maximum absolute atomic E-state index is 11.9. The van der Waals surface area contributed by atoms with Crippen LogP contribution >= 0.6 is 0 Å². The van der Waals surface area contributed by atoms with E-state index in [9.17, 15) is 9.59 Å². The molecule has 0 aliphatic carbocycles. The Hall–Kier alpha value is -2.93. The van der Waals surface area contributed by atoms with Gasteiger partial charge in [0.2, 0.25) is 17.7 Å². The van der Waals surface area contributed by atoms with Crippen molar-refractivity contribution in [3.05, 3.63) is 48.7 Å². The molecule has 1 aromatic heterocycles. The van der Waals surface area contributed by atoms with Gasteiger partial charge in [-0.2, -0.15) is 0 Å². The molecule has 0 saturated carbocycles. The fourth-order valence-electron chi connectivity index (χ4n) is 1.93. The molecule has 0 aliphatic rings. The normalized spacial score (nSPS) is 11.7. The summed E-state index contributed by atoms with van der Waals surface area (Å²) >= 11 is 0. The van der Waals surface area contributed by atoms with Gasteiger partial charge in [-0.1, -0.05) is 19.9 Å². The third-order valence-corrected chi connectivity index (χ3v) is 3.44. The summed E-state index contributed by atoms with van der Waals surface area (Å²) in [6, 6.07) is 11.6. The average Bonchev–Trinajstić information content (AvgIpc) is 2.61. The second-order valence-corrected chi connectivity index (χ2v) is 5.83. The number of carbonyl (C=O) groups excluding carboxylic acids is 2. The van der Waals surface area contributed by atoms with Crippen molar-refractivity contribution in [2.75, 3.05) is 11.9 Å². The van der Waals surface area contributed by atoms with Crippen molar-refractivity contribution in [3.63, 3.8) is 0 Å². The van der Waals surface area contributed by atoms with E-state index in [1.165, 1.54) is 0 Å². The summed E-state index contributed by atoms with van der Waals surface area (Å²) in [6.45, 7) is 3.56. The van der Waals surface area contributed by atoms with Gasteiger partial charge in [-0.15, -0.1) is 0 Å². The molecule has 0 radical (unpaired) electrons. The van der Waals surface area contributed by atoms with E-state index in [0.717, 1.165) is 0 Å². The zero-order valence-electron chi connectivity index (χ0n) is 14.2. The zero-order valence-corrected chi connectivity index (χ0v) is 14.2. The predicted molar refractivity (Wildman–Crippen MR) is 95.2 cm³/mol. The van der Waals surface area contributed by atoms with Gasteiger partial charge in [0.1, 0.15) is 5.75 Å². The summed E-state index contributed by atoms with van der Waals surface area (Å²) in [7, 11) is 0. The van der Waals surface area contributed by atoms with Crippen LogP contribution in [0.2, 0.25) is 0 Å². The number of hydrogen-bond acceptors (Lipinski definition) is 5. The number of nitrogens with zero attached hydrogens (tertiary/aromatic N) is 1. The topological polar surface area (TPSA) is 106 Å². The van der Waals surface area contributed by atoms with Gasteiger partial charge in [0.15, 0.2) is 0 Å². The summed E-state index contributed by atoms with van der Waals surface area (Å²) in [5.41, 5.74) is 6.31. The van der Waals surface area contributed by atoms with E-state index in [1.807, 2.05) is 19.9 Å². The lowest BCUT2D eigenvalue weighted by Gasteiger charge is -2.15. The first kappa shape index (κ1) is 18.4. The first-order valence-electron chi connectivity index (χ1n) is 7.98. The smallest absolute Gasteiger partial charge is 0.243 e. The molecule has 7 heteroatoms. The Bertz CT molecular complexity index is 702. The van der Waals surface area contributed by atoms with Gasteiger partial charge in [-0.25, -0.2) is 4.98 Å². The third kappa shape index (κ3) is 5.89. The first-order chi connectivity index (χ1) is 12.0. The number of amides is 2. The molecule has 0 unspecified atom stereocenters. The highest BCUT2D eigenvalue weighted by molar-refractivity contribution is 5.95. The fourth-order valence-corrected chi connectivity index (χ4v) is 1.93. The van der Waals surface area contributed by atoms with Crippen LogP contribution in [0.25, 0.3) is 0 Å². The molecule has 2 aromatic rings. The van der Waals surface area contributed by atoms with Gasteiger partial charge >= 0.3 is 0 Å². The molecule has 1 atom stereocenters. The predicted octanol–water partition coefficient (Wildman–Crippen LogP) is 1.91. The Morgan fingerprint density at radius 3 is 2.48 bits per heavy atom. The van der Waals surface area contributed by atoms with E-state index in [0.29, 0.717) is 17.3 Å². The summed E-state index contributed by atoms with van der Waals surface area (Å²) in [4.78, 5) is 27.7. The van der Waals surface area contributed by atoms with Gasteiger partial charge in [-0.05, 0) is 36.2 Å². The largest absolute Gasteiger partial charge is 0.439 e. The number of nitrogens with one attached hydrogen (secondary N) is 2. The minimum Gasteiger partial charge on any atom is -0.439 e. The summed E-state index contributed by atoms with van der Waals surface area (Å²) in [5, 5.41) is 5.21. The lowest BCUT2D eigenvalue weighted by molar-refractivity contribution is -0.125. The van der Waals surface area contributed by atoms with E-state index in [4.69, 9.17) is 10.5 Å². The number of hydrogen-bond donors (Lipinski definition) is 3. The maximum Gasteiger partial charge on any atom is 0.243 e. The van der Waals surface area contributed by atoms with Crippen molar-refractivity contribution in [1.29, 1.82) is 0 Å². The minimum absolute atomic E-state index is 0.00899. The van der Waals surface area contributed by atoms with Crippen LogP contribution in [-0.4, -0.2) is 29.4 Å². The molecular formula is C18H22N4O3. The molecule has 0 spiro atoms. The van der Waals surface area contributed by atoms with Crippen molar-refractivity contribution in [3.8, 4) is 11.6 Å². The van der Waals surface area contributed by atoms with E-state index in [-0.39, 0.29) is 24.3 Å². The molecule has 0 saturated heterocycles. The molecule has 1 heterocycles. The van der Waals surface area contributed by atoms with Crippen molar-refractivity contribution < 1.29 is 14.3 Å². The van der Waals surface area contributed by atoms with Crippen LogP contribution in [0.5, 0.6) is 11.6 Å². The lowest BCUT2D eigenvalue weighted by atomic mass is 10.1.